The fraction of sp³-hybridized carbons (Fsp3) is 0.708. The molecule has 52 heavy (non-hydrogen) atoms. The van der Waals surface area contributed by atoms with E-state index in [9.17, 15) is 0 Å². The van der Waals surface area contributed by atoms with E-state index in [1.54, 1.807) is 0 Å². The number of imidazole rings is 2. The first-order valence-electron chi connectivity index (χ1n) is 22.3. The van der Waals surface area contributed by atoms with Crippen LogP contribution in [0.25, 0.3) is 0 Å². The molecule has 0 aliphatic rings. The average Bonchev–Trinajstić information content (AvgIpc) is 3.89. The van der Waals surface area contributed by atoms with Gasteiger partial charge in [0.05, 0.1) is 0 Å². The van der Waals surface area contributed by atoms with Crippen molar-refractivity contribution in [2.24, 2.45) is 5.92 Å². The monoisotopic (exact) mass is 717 g/mol. The number of aryl methyl sites for hydroxylation is 2. The van der Waals surface area contributed by atoms with E-state index in [1.165, 1.54) is 193 Å². The summed E-state index contributed by atoms with van der Waals surface area (Å²) in [6, 6.07) is 0. The number of nitrogens with zero attached hydrogens (tertiary/aromatic N) is 2. The van der Waals surface area contributed by atoms with Crippen molar-refractivity contribution in [1.29, 1.82) is 0 Å². The number of nitrogens with one attached hydrogen (secondary N) is 2. The van der Waals surface area contributed by atoms with E-state index in [4.69, 9.17) is 0 Å². The highest BCUT2D eigenvalue weighted by Gasteiger charge is 2.09. The van der Waals surface area contributed by atoms with Crippen LogP contribution in [0.4, 0.5) is 0 Å². The zero-order valence-corrected chi connectivity index (χ0v) is 34.3. The van der Waals surface area contributed by atoms with Gasteiger partial charge in [0.25, 0.3) is 0 Å². The molecule has 296 valence electrons. The summed E-state index contributed by atoms with van der Waals surface area (Å²) in [5, 5.41) is 0. The van der Waals surface area contributed by atoms with Gasteiger partial charge in [-0.25, -0.2) is 9.97 Å². The van der Waals surface area contributed by atoms with Crippen LogP contribution in [0.2, 0.25) is 0 Å². The normalized spacial score (nSPS) is 12.0. The number of hydrogen-bond donors (Lipinski definition) is 2. The second-order valence-electron chi connectivity index (χ2n) is 15.2. The fourth-order valence-corrected chi connectivity index (χ4v) is 7.17. The molecule has 4 heteroatoms. The summed E-state index contributed by atoms with van der Waals surface area (Å²) in [5.74, 6) is 3.26. The summed E-state index contributed by atoms with van der Waals surface area (Å²) in [7, 11) is 0. The lowest BCUT2D eigenvalue weighted by Gasteiger charge is -2.17. The number of allylic oxidation sites excluding steroid dienone is 6. The standard InChI is InChI=1S/C27H48N2.C21H36N2/c1-3-5-7-9-10-11-12-13-14-17-21-26(20-16-8-6-4-2)22-18-15-19-23-27-28-24-25-29-27;1-2-3-4-5-6-7-8-9-10-11-12-13-14-15-16-17-18-21-22-19-20-23-21/h3,5,7,24-26H,1,4,6,8-23H2,2H3,(H,28,29);2-4,19-20H,1,5-18H2,(H,22,23). The predicted octanol–water partition coefficient (Wildman–Crippen LogP) is 15.7. The maximum Gasteiger partial charge on any atom is 0.105 e. The number of unbranched alkanes of at least 4 members (excludes halogenated alkanes) is 23. The lowest BCUT2D eigenvalue weighted by molar-refractivity contribution is 0.367. The highest BCUT2D eigenvalue weighted by atomic mass is 14.9. The molecular weight excluding hydrogens is 633 g/mol. The first-order chi connectivity index (χ1) is 25.8. The van der Waals surface area contributed by atoms with Crippen molar-refractivity contribution in [3.63, 3.8) is 0 Å². The zero-order valence-electron chi connectivity index (χ0n) is 34.3. The average molecular weight is 717 g/mol. The zero-order chi connectivity index (χ0) is 37.3. The van der Waals surface area contributed by atoms with Crippen molar-refractivity contribution in [1.82, 2.24) is 19.9 Å². The molecular formula is C48H84N4. The smallest absolute Gasteiger partial charge is 0.105 e. The largest absolute Gasteiger partial charge is 0.349 e. The van der Waals surface area contributed by atoms with Crippen LogP contribution in [0.1, 0.15) is 211 Å². The quantitative estimate of drug-likeness (QED) is 0.0540. The molecule has 0 bridgehead atoms. The van der Waals surface area contributed by atoms with Crippen LogP contribution in [0, 0.1) is 5.92 Å². The first kappa shape index (κ1) is 47.4. The van der Waals surface area contributed by atoms with Gasteiger partial charge in [0.2, 0.25) is 0 Å². The van der Waals surface area contributed by atoms with Crippen LogP contribution < -0.4 is 0 Å². The number of hydrogen-bond acceptors (Lipinski definition) is 2. The van der Waals surface area contributed by atoms with Crippen molar-refractivity contribution in [3.8, 4) is 0 Å². The third kappa shape index (κ3) is 33.2. The lowest BCUT2D eigenvalue weighted by Crippen LogP contribution is -2.02. The molecule has 1 atom stereocenters. The van der Waals surface area contributed by atoms with E-state index in [0.717, 1.165) is 30.4 Å². The van der Waals surface area contributed by atoms with Gasteiger partial charge >= 0.3 is 0 Å². The second-order valence-corrected chi connectivity index (χ2v) is 15.2. The van der Waals surface area contributed by atoms with Crippen LogP contribution >= 0.6 is 0 Å². The van der Waals surface area contributed by atoms with Gasteiger partial charge in [0.1, 0.15) is 11.6 Å². The van der Waals surface area contributed by atoms with E-state index in [-0.39, 0.29) is 0 Å². The summed E-state index contributed by atoms with van der Waals surface area (Å²) in [6.45, 7) is 9.71. The lowest BCUT2D eigenvalue weighted by atomic mass is 9.89. The van der Waals surface area contributed by atoms with E-state index < -0.39 is 0 Å². The van der Waals surface area contributed by atoms with Crippen LogP contribution in [-0.4, -0.2) is 19.9 Å². The SMILES string of the molecule is C=CC=CCCCCCCCCC(CCCCCC)CCCCCc1ncc[nH]1.C=CC=CCCCCCCCCCCCCCCc1ncc[nH]1. The Kier molecular flexibility index (Phi) is 36.1. The van der Waals surface area contributed by atoms with E-state index in [1.807, 2.05) is 36.9 Å². The van der Waals surface area contributed by atoms with Crippen LogP contribution in [0.5, 0.6) is 0 Å². The molecule has 0 aromatic carbocycles. The van der Waals surface area contributed by atoms with Gasteiger partial charge in [-0.3, -0.25) is 0 Å². The van der Waals surface area contributed by atoms with E-state index in [2.05, 4.69) is 64.3 Å². The number of rotatable bonds is 37. The highest BCUT2D eigenvalue weighted by molar-refractivity contribution is 4.97. The molecule has 1 unspecified atom stereocenters. The van der Waals surface area contributed by atoms with Crippen molar-refractivity contribution in [2.75, 3.05) is 0 Å². The summed E-state index contributed by atoms with van der Waals surface area (Å²) in [4.78, 5) is 15.0. The maximum absolute atomic E-state index is 4.33. The number of aromatic amines is 2. The Morgan fingerprint density at radius 3 is 1.19 bits per heavy atom. The molecule has 0 radical (unpaired) electrons. The van der Waals surface area contributed by atoms with Gasteiger partial charge in [-0.05, 0) is 44.4 Å². The van der Waals surface area contributed by atoms with E-state index >= 15 is 0 Å². The molecule has 0 saturated heterocycles. The predicted molar refractivity (Wildman–Crippen MR) is 231 cm³/mol. The molecule has 0 fully saturated rings. The molecule has 2 N–H and O–H groups in total. The van der Waals surface area contributed by atoms with Gasteiger partial charge in [-0.15, -0.1) is 0 Å². The van der Waals surface area contributed by atoms with E-state index in [0.29, 0.717) is 0 Å². The Hall–Kier alpha value is -2.62. The summed E-state index contributed by atoms with van der Waals surface area (Å²) < 4.78 is 0. The Bertz CT molecular complexity index is 1020. The first-order valence-corrected chi connectivity index (χ1v) is 22.3. The molecule has 0 aliphatic heterocycles. The van der Waals surface area contributed by atoms with Crippen molar-refractivity contribution in [3.05, 3.63) is 86.1 Å². The molecule has 2 aromatic heterocycles. The molecule has 2 aromatic rings. The minimum Gasteiger partial charge on any atom is -0.349 e. The van der Waals surface area contributed by atoms with Crippen molar-refractivity contribution < 1.29 is 0 Å². The third-order valence-corrected chi connectivity index (χ3v) is 10.4. The van der Waals surface area contributed by atoms with Crippen LogP contribution in [-0.2, 0) is 12.8 Å². The Balaban J connectivity index is 0.000000534. The summed E-state index contributed by atoms with van der Waals surface area (Å²) in [5.41, 5.74) is 0. The summed E-state index contributed by atoms with van der Waals surface area (Å²) >= 11 is 0. The molecule has 4 nitrogen and oxygen atoms in total. The van der Waals surface area contributed by atoms with Crippen molar-refractivity contribution >= 4 is 0 Å². The topological polar surface area (TPSA) is 57.4 Å². The molecule has 2 heterocycles. The van der Waals surface area contributed by atoms with Gasteiger partial charge < -0.3 is 9.97 Å². The Labute approximate surface area is 323 Å². The minimum absolute atomic E-state index is 0.972. The van der Waals surface area contributed by atoms with Gasteiger partial charge in [-0.1, -0.05) is 211 Å². The Morgan fingerprint density at radius 2 is 0.827 bits per heavy atom. The number of H-pyrrole nitrogens is 2. The van der Waals surface area contributed by atoms with Crippen LogP contribution in [0.15, 0.2) is 74.4 Å². The van der Waals surface area contributed by atoms with Gasteiger partial charge in [-0.2, -0.15) is 0 Å². The maximum atomic E-state index is 4.33. The minimum atomic E-state index is 0.972. The number of aromatic nitrogens is 4. The molecule has 0 saturated carbocycles. The molecule has 0 spiro atoms. The fourth-order valence-electron chi connectivity index (χ4n) is 7.17. The highest BCUT2D eigenvalue weighted by Crippen LogP contribution is 2.24. The second kappa shape index (κ2) is 39.6. The molecule has 2 rings (SSSR count). The van der Waals surface area contributed by atoms with Crippen LogP contribution in [0.3, 0.4) is 0 Å². The third-order valence-electron chi connectivity index (χ3n) is 10.4. The molecule has 0 amide bonds. The summed E-state index contributed by atoms with van der Waals surface area (Å²) in [6.07, 6.45) is 63.7. The Morgan fingerprint density at radius 1 is 0.481 bits per heavy atom. The van der Waals surface area contributed by atoms with Crippen molar-refractivity contribution in [2.45, 2.75) is 212 Å². The molecule has 0 aliphatic carbocycles. The van der Waals surface area contributed by atoms with Gasteiger partial charge in [0.15, 0.2) is 0 Å². The van der Waals surface area contributed by atoms with Gasteiger partial charge in [0, 0.05) is 37.6 Å².